The first kappa shape index (κ1) is 22.6. The van der Waals surface area contributed by atoms with Crippen LogP contribution in [-0.4, -0.2) is 36.9 Å². The largest absolute Gasteiger partial charge is 0.472 e. The van der Waals surface area contributed by atoms with Gasteiger partial charge in [0.05, 0.1) is 5.69 Å². The summed E-state index contributed by atoms with van der Waals surface area (Å²) in [4.78, 5) is 30.3. The first-order chi connectivity index (χ1) is 14.5. The summed E-state index contributed by atoms with van der Waals surface area (Å²) in [5.41, 5.74) is 1.29. The highest BCUT2D eigenvalue weighted by Crippen LogP contribution is 2.28. The monoisotopic (exact) mass is 422 g/mol. The van der Waals surface area contributed by atoms with Gasteiger partial charge in [-0.2, -0.15) is 9.97 Å². The molecule has 1 aliphatic rings. The third-order valence-corrected chi connectivity index (χ3v) is 4.21. The lowest BCUT2D eigenvalue weighted by molar-refractivity contribution is -0.112. The van der Waals surface area contributed by atoms with E-state index in [0.29, 0.717) is 47.4 Å². The van der Waals surface area contributed by atoms with Crippen LogP contribution in [0.4, 0.5) is 0 Å². The summed E-state index contributed by atoms with van der Waals surface area (Å²) in [7, 11) is 0. The van der Waals surface area contributed by atoms with Gasteiger partial charge in [0.25, 0.3) is 0 Å². The number of Topliss-reactive ketones (excluding diaryl/α,β-unsaturated/α-hetero) is 1. The average molecular weight is 423 g/mol. The maximum Gasteiger partial charge on any atom is 0.317 e. The normalized spacial score (nSPS) is 17.8. The van der Waals surface area contributed by atoms with E-state index in [1.165, 1.54) is 0 Å². The van der Waals surface area contributed by atoms with E-state index < -0.39 is 5.60 Å². The molecule has 7 heteroatoms. The zero-order chi connectivity index (χ0) is 22.6. The molecule has 2 aromatic heterocycles. The molecular weight excluding hydrogens is 392 g/mol. The van der Waals surface area contributed by atoms with Crippen LogP contribution < -0.4 is 9.47 Å². The molecule has 164 valence electrons. The van der Waals surface area contributed by atoms with Crippen molar-refractivity contribution in [2.75, 3.05) is 0 Å². The van der Waals surface area contributed by atoms with Gasteiger partial charge in [0.15, 0.2) is 11.6 Å². The standard InChI is InChI=1S/C24H30N4O3/c1-23(2,3)30-20-11-13-25-19(28-20)15-17-9-7-8-16(21(17)29)14-18-10-12-26-22(27-18)31-24(4,5)6/h10-15H,7-9H2,1-6H3. The van der Waals surface area contributed by atoms with E-state index >= 15 is 0 Å². The third-order valence-electron chi connectivity index (χ3n) is 4.21. The second-order valence-corrected chi connectivity index (χ2v) is 9.47. The Morgan fingerprint density at radius 2 is 1.48 bits per heavy atom. The number of aromatic nitrogens is 4. The molecule has 0 amide bonds. The van der Waals surface area contributed by atoms with Crippen molar-refractivity contribution in [1.29, 1.82) is 0 Å². The molecule has 0 aromatic carbocycles. The SMILES string of the molecule is CC(C)(C)Oc1ccnc(C=C2CCCC(=Cc3ccnc(OC(C)(C)C)n3)C2=O)n1. The molecule has 0 saturated heterocycles. The topological polar surface area (TPSA) is 87.1 Å². The second kappa shape index (κ2) is 8.96. The fourth-order valence-corrected chi connectivity index (χ4v) is 3.07. The quantitative estimate of drug-likeness (QED) is 0.651. The van der Waals surface area contributed by atoms with E-state index in [4.69, 9.17) is 9.47 Å². The summed E-state index contributed by atoms with van der Waals surface area (Å²) in [6, 6.07) is 3.78. The van der Waals surface area contributed by atoms with Gasteiger partial charge in [-0.3, -0.25) is 4.79 Å². The molecular formula is C24H30N4O3. The molecule has 2 aromatic rings. The highest BCUT2D eigenvalue weighted by atomic mass is 16.5. The number of ether oxygens (including phenoxy) is 2. The van der Waals surface area contributed by atoms with Crippen LogP contribution in [0.25, 0.3) is 12.2 Å². The Morgan fingerprint density at radius 3 is 2.16 bits per heavy atom. The smallest absolute Gasteiger partial charge is 0.317 e. The molecule has 0 atom stereocenters. The Kier molecular flexibility index (Phi) is 6.53. The first-order valence-corrected chi connectivity index (χ1v) is 10.5. The van der Waals surface area contributed by atoms with Crippen LogP contribution >= 0.6 is 0 Å². The number of carbonyl (C=O) groups excluding carboxylic acids is 1. The summed E-state index contributed by atoms with van der Waals surface area (Å²) < 4.78 is 11.5. The fourth-order valence-electron chi connectivity index (χ4n) is 3.07. The predicted molar refractivity (Wildman–Crippen MR) is 120 cm³/mol. The van der Waals surface area contributed by atoms with Gasteiger partial charge in [-0.15, -0.1) is 0 Å². The maximum absolute atomic E-state index is 13.1. The van der Waals surface area contributed by atoms with E-state index in [1.54, 1.807) is 30.6 Å². The molecule has 3 rings (SSSR count). The summed E-state index contributed by atoms with van der Waals surface area (Å²) in [5, 5.41) is 0. The van der Waals surface area contributed by atoms with Crippen molar-refractivity contribution < 1.29 is 14.3 Å². The van der Waals surface area contributed by atoms with Crippen LogP contribution in [0, 0.1) is 0 Å². The minimum atomic E-state index is -0.395. The van der Waals surface area contributed by atoms with Crippen molar-refractivity contribution in [2.24, 2.45) is 0 Å². The molecule has 31 heavy (non-hydrogen) atoms. The molecule has 0 spiro atoms. The van der Waals surface area contributed by atoms with Gasteiger partial charge < -0.3 is 9.47 Å². The molecule has 2 heterocycles. The number of hydrogen-bond donors (Lipinski definition) is 0. The summed E-state index contributed by atoms with van der Waals surface area (Å²) >= 11 is 0. The van der Waals surface area contributed by atoms with Crippen molar-refractivity contribution >= 4 is 17.9 Å². The van der Waals surface area contributed by atoms with Crippen LogP contribution in [0.3, 0.4) is 0 Å². The van der Waals surface area contributed by atoms with Crippen LogP contribution in [0.5, 0.6) is 11.9 Å². The highest BCUT2D eigenvalue weighted by Gasteiger charge is 2.22. The maximum atomic E-state index is 13.1. The molecule has 0 aliphatic heterocycles. The zero-order valence-electron chi connectivity index (χ0n) is 19.1. The predicted octanol–water partition coefficient (Wildman–Crippen LogP) is 4.84. The van der Waals surface area contributed by atoms with Gasteiger partial charge >= 0.3 is 6.01 Å². The molecule has 7 nitrogen and oxygen atoms in total. The van der Waals surface area contributed by atoms with Gasteiger partial charge in [-0.05, 0) is 79.0 Å². The van der Waals surface area contributed by atoms with E-state index in [0.717, 1.165) is 6.42 Å². The summed E-state index contributed by atoms with van der Waals surface area (Å²) in [6.45, 7) is 11.7. The van der Waals surface area contributed by atoms with Crippen LogP contribution in [0.2, 0.25) is 0 Å². The number of allylic oxidation sites excluding steroid dienone is 2. The minimum Gasteiger partial charge on any atom is -0.472 e. The van der Waals surface area contributed by atoms with Gasteiger partial charge in [-0.1, -0.05) is 0 Å². The van der Waals surface area contributed by atoms with Gasteiger partial charge in [0.1, 0.15) is 11.2 Å². The van der Waals surface area contributed by atoms with Gasteiger partial charge in [0, 0.05) is 29.6 Å². The number of rotatable bonds is 4. The summed E-state index contributed by atoms with van der Waals surface area (Å²) in [5.74, 6) is 0.948. The van der Waals surface area contributed by atoms with Crippen LogP contribution in [0.15, 0.2) is 35.7 Å². The first-order valence-electron chi connectivity index (χ1n) is 10.5. The molecule has 0 unspecified atom stereocenters. The Hall–Kier alpha value is -3.09. The van der Waals surface area contributed by atoms with Crippen molar-refractivity contribution in [3.63, 3.8) is 0 Å². The number of hydrogen-bond acceptors (Lipinski definition) is 7. The number of ketones is 1. The van der Waals surface area contributed by atoms with Gasteiger partial charge in [0.2, 0.25) is 5.88 Å². The number of nitrogens with zero attached hydrogens (tertiary/aromatic N) is 4. The van der Waals surface area contributed by atoms with Crippen LogP contribution in [-0.2, 0) is 4.79 Å². The van der Waals surface area contributed by atoms with Crippen molar-refractivity contribution in [3.05, 3.63) is 47.2 Å². The Labute approximate surface area is 183 Å². The lowest BCUT2D eigenvalue weighted by atomic mass is 9.88. The molecule has 1 saturated carbocycles. The zero-order valence-corrected chi connectivity index (χ0v) is 19.1. The lowest BCUT2D eigenvalue weighted by Crippen LogP contribution is -2.24. The van der Waals surface area contributed by atoms with Gasteiger partial charge in [-0.25, -0.2) is 9.97 Å². The van der Waals surface area contributed by atoms with Crippen LogP contribution in [0.1, 0.15) is 72.3 Å². The third kappa shape index (κ3) is 6.98. The molecule has 1 aliphatic carbocycles. The Bertz CT molecular complexity index is 934. The Morgan fingerprint density at radius 1 is 0.839 bits per heavy atom. The van der Waals surface area contributed by atoms with Crippen molar-refractivity contribution in [3.8, 4) is 11.9 Å². The minimum absolute atomic E-state index is 0.00565. The van der Waals surface area contributed by atoms with Crippen molar-refractivity contribution in [1.82, 2.24) is 19.9 Å². The molecule has 1 fully saturated rings. The average Bonchev–Trinajstić information content (AvgIpc) is 2.63. The Balaban J connectivity index is 1.82. The molecule has 0 bridgehead atoms. The molecule has 0 N–H and O–H groups in total. The van der Waals surface area contributed by atoms with Crippen molar-refractivity contribution in [2.45, 2.75) is 72.0 Å². The second-order valence-electron chi connectivity index (χ2n) is 9.47. The lowest BCUT2D eigenvalue weighted by Gasteiger charge is -2.20. The van der Waals surface area contributed by atoms with E-state index in [-0.39, 0.29) is 11.4 Å². The molecule has 0 radical (unpaired) electrons. The van der Waals surface area contributed by atoms with E-state index in [2.05, 4.69) is 19.9 Å². The highest BCUT2D eigenvalue weighted by molar-refractivity contribution is 6.13. The van der Waals surface area contributed by atoms with E-state index in [1.807, 2.05) is 47.6 Å². The number of carbonyl (C=O) groups is 1. The fraction of sp³-hybridized carbons (Fsp3) is 0.458. The summed E-state index contributed by atoms with van der Waals surface area (Å²) in [6.07, 6.45) is 9.10. The van der Waals surface area contributed by atoms with E-state index in [9.17, 15) is 4.79 Å².